The van der Waals surface area contributed by atoms with Gasteiger partial charge in [0.25, 0.3) is 0 Å². The number of hydrogen-bond donors (Lipinski definition) is 1. The molecule has 18 heavy (non-hydrogen) atoms. The van der Waals surface area contributed by atoms with Crippen molar-refractivity contribution in [3.05, 3.63) is 29.1 Å². The van der Waals surface area contributed by atoms with E-state index >= 15 is 0 Å². The fraction of sp³-hybridized carbons (Fsp3) is 0.455. The van der Waals surface area contributed by atoms with E-state index in [1.165, 1.54) is 0 Å². The van der Waals surface area contributed by atoms with Crippen molar-refractivity contribution in [3.8, 4) is 0 Å². The van der Waals surface area contributed by atoms with E-state index in [1.807, 2.05) is 0 Å². The summed E-state index contributed by atoms with van der Waals surface area (Å²) in [4.78, 5) is 0. The van der Waals surface area contributed by atoms with Crippen LogP contribution in [0.1, 0.15) is 12.8 Å². The Hall–Kier alpha value is -0.980. The Kier molecular flexibility index (Phi) is 3.99. The molecule has 7 heteroatoms. The van der Waals surface area contributed by atoms with Crippen molar-refractivity contribution in [2.75, 3.05) is 16.8 Å². The first kappa shape index (κ1) is 13.5. The molecule has 1 aromatic carbocycles. The average molecular weight is 283 g/mol. The molecule has 1 saturated heterocycles. The van der Waals surface area contributed by atoms with Gasteiger partial charge in [0.2, 0.25) is 5.82 Å². The van der Waals surface area contributed by atoms with Gasteiger partial charge in [0, 0.05) is 11.8 Å². The summed E-state index contributed by atoms with van der Waals surface area (Å²) in [5, 5.41) is 2.41. The Bertz CT molecular complexity index is 430. The molecule has 2 rings (SSSR count). The van der Waals surface area contributed by atoms with E-state index in [9.17, 15) is 22.0 Å². The summed E-state index contributed by atoms with van der Waals surface area (Å²) in [6.07, 6.45) is 1.49. The van der Waals surface area contributed by atoms with Crippen molar-refractivity contribution in [1.29, 1.82) is 0 Å². The molecule has 0 aromatic heterocycles. The molecular formula is C11H10F5NS. The third kappa shape index (κ3) is 2.41. The fourth-order valence-electron chi connectivity index (χ4n) is 1.79. The summed E-state index contributed by atoms with van der Waals surface area (Å²) >= 11 is 1.58. The first-order valence-electron chi connectivity index (χ1n) is 5.38. The summed E-state index contributed by atoms with van der Waals surface area (Å²) < 4.78 is 65.5. The Balaban J connectivity index is 2.32. The zero-order valence-electron chi connectivity index (χ0n) is 9.20. The van der Waals surface area contributed by atoms with Crippen LogP contribution in [0.25, 0.3) is 0 Å². The van der Waals surface area contributed by atoms with Crippen molar-refractivity contribution in [2.45, 2.75) is 18.9 Å². The Morgan fingerprint density at radius 1 is 0.889 bits per heavy atom. The van der Waals surface area contributed by atoms with Gasteiger partial charge in [-0.15, -0.1) is 0 Å². The molecule has 1 aliphatic heterocycles. The number of anilines is 1. The highest BCUT2D eigenvalue weighted by molar-refractivity contribution is 7.99. The number of nitrogens with one attached hydrogen (secondary N) is 1. The molecule has 0 radical (unpaired) electrons. The fourth-order valence-corrected chi connectivity index (χ4v) is 2.86. The first-order valence-corrected chi connectivity index (χ1v) is 6.53. The van der Waals surface area contributed by atoms with Crippen LogP contribution in [0.3, 0.4) is 0 Å². The smallest absolute Gasteiger partial charge is 0.200 e. The van der Waals surface area contributed by atoms with Crippen LogP contribution >= 0.6 is 11.8 Å². The summed E-state index contributed by atoms with van der Waals surface area (Å²) in [5.41, 5.74) is -0.932. The molecule has 1 fully saturated rings. The lowest BCUT2D eigenvalue weighted by molar-refractivity contribution is 0.380. The molecule has 1 heterocycles. The normalized spacial score (nSPS) is 19.9. The van der Waals surface area contributed by atoms with Crippen LogP contribution in [-0.2, 0) is 0 Å². The molecule has 1 aromatic rings. The molecular weight excluding hydrogens is 273 g/mol. The minimum atomic E-state index is -2.13. The van der Waals surface area contributed by atoms with Gasteiger partial charge in [-0.05, 0) is 18.6 Å². The second-order valence-electron chi connectivity index (χ2n) is 4.00. The van der Waals surface area contributed by atoms with Gasteiger partial charge in [-0.1, -0.05) is 0 Å². The molecule has 0 aliphatic carbocycles. The highest BCUT2D eigenvalue weighted by Gasteiger charge is 2.27. The van der Waals surface area contributed by atoms with Crippen LogP contribution in [-0.4, -0.2) is 17.5 Å². The number of hydrogen-bond acceptors (Lipinski definition) is 2. The SMILES string of the molecule is Fc1c(F)c(F)c(NC2CCCSC2)c(F)c1F. The first-order chi connectivity index (χ1) is 8.52. The number of halogens is 5. The molecule has 1 N–H and O–H groups in total. The lowest BCUT2D eigenvalue weighted by Crippen LogP contribution is -2.27. The number of benzene rings is 1. The van der Waals surface area contributed by atoms with E-state index < -0.39 is 34.8 Å². The second kappa shape index (κ2) is 5.34. The van der Waals surface area contributed by atoms with Crippen molar-refractivity contribution in [2.24, 2.45) is 0 Å². The summed E-state index contributed by atoms with van der Waals surface area (Å²) in [5.74, 6) is -8.05. The Morgan fingerprint density at radius 2 is 1.44 bits per heavy atom. The van der Waals surface area contributed by atoms with Gasteiger partial charge in [0.05, 0.1) is 0 Å². The maximum atomic E-state index is 13.4. The van der Waals surface area contributed by atoms with Gasteiger partial charge in [-0.25, -0.2) is 22.0 Å². The molecule has 1 atom stereocenters. The van der Waals surface area contributed by atoms with Crippen molar-refractivity contribution < 1.29 is 22.0 Å². The van der Waals surface area contributed by atoms with E-state index in [0.717, 1.165) is 12.2 Å². The monoisotopic (exact) mass is 283 g/mol. The van der Waals surface area contributed by atoms with Crippen molar-refractivity contribution in [1.82, 2.24) is 0 Å². The molecule has 0 bridgehead atoms. The Morgan fingerprint density at radius 3 is 1.94 bits per heavy atom. The van der Waals surface area contributed by atoms with Gasteiger partial charge in [-0.3, -0.25) is 0 Å². The molecule has 0 spiro atoms. The molecule has 0 saturated carbocycles. The van der Waals surface area contributed by atoms with Crippen LogP contribution in [0.2, 0.25) is 0 Å². The third-order valence-electron chi connectivity index (χ3n) is 2.72. The van der Waals surface area contributed by atoms with E-state index in [4.69, 9.17) is 0 Å². The predicted molar refractivity (Wildman–Crippen MR) is 60.2 cm³/mol. The lowest BCUT2D eigenvalue weighted by Gasteiger charge is -2.24. The third-order valence-corrected chi connectivity index (χ3v) is 3.93. The zero-order chi connectivity index (χ0) is 13.3. The minimum Gasteiger partial charge on any atom is -0.377 e. The van der Waals surface area contributed by atoms with E-state index in [0.29, 0.717) is 12.2 Å². The van der Waals surface area contributed by atoms with Gasteiger partial charge in [0.1, 0.15) is 5.69 Å². The van der Waals surface area contributed by atoms with Crippen LogP contribution in [0.4, 0.5) is 27.6 Å². The molecule has 1 nitrogen and oxygen atoms in total. The van der Waals surface area contributed by atoms with Crippen LogP contribution < -0.4 is 5.32 Å². The van der Waals surface area contributed by atoms with Crippen molar-refractivity contribution >= 4 is 17.4 Å². The molecule has 1 aliphatic rings. The van der Waals surface area contributed by atoms with Gasteiger partial charge < -0.3 is 5.32 Å². The van der Waals surface area contributed by atoms with E-state index in [-0.39, 0.29) is 6.04 Å². The largest absolute Gasteiger partial charge is 0.377 e. The topological polar surface area (TPSA) is 12.0 Å². The lowest BCUT2D eigenvalue weighted by atomic mass is 10.1. The minimum absolute atomic E-state index is 0.281. The van der Waals surface area contributed by atoms with Gasteiger partial charge in [0.15, 0.2) is 23.3 Å². The quantitative estimate of drug-likeness (QED) is 0.505. The summed E-state index contributed by atoms with van der Waals surface area (Å²) in [6, 6.07) is -0.281. The maximum absolute atomic E-state index is 13.4. The van der Waals surface area contributed by atoms with Crippen LogP contribution in [0.15, 0.2) is 0 Å². The van der Waals surface area contributed by atoms with Crippen LogP contribution in [0.5, 0.6) is 0 Å². The highest BCUT2D eigenvalue weighted by Crippen LogP contribution is 2.29. The van der Waals surface area contributed by atoms with Crippen LogP contribution in [0, 0.1) is 29.1 Å². The molecule has 100 valence electrons. The summed E-state index contributed by atoms with van der Waals surface area (Å²) in [6.45, 7) is 0. The second-order valence-corrected chi connectivity index (χ2v) is 5.15. The molecule has 1 unspecified atom stereocenters. The van der Waals surface area contributed by atoms with Crippen molar-refractivity contribution in [3.63, 3.8) is 0 Å². The van der Waals surface area contributed by atoms with Gasteiger partial charge in [-0.2, -0.15) is 11.8 Å². The standard InChI is InChI=1S/C11H10F5NS/c12-6-7(13)9(15)11(10(16)8(6)14)17-5-2-1-3-18-4-5/h5,17H,1-4H2. The summed E-state index contributed by atoms with van der Waals surface area (Å²) in [7, 11) is 0. The zero-order valence-corrected chi connectivity index (χ0v) is 10.0. The van der Waals surface area contributed by atoms with E-state index in [2.05, 4.69) is 5.32 Å². The van der Waals surface area contributed by atoms with E-state index in [1.54, 1.807) is 11.8 Å². The number of thioether (sulfide) groups is 1. The highest BCUT2D eigenvalue weighted by atomic mass is 32.2. The predicted octanol–water partition coefficient (Wildman–Crippen LogP) is 3.69. The number of rotatable bonds is 2. The molecule has 0 amide bonds. The van der Waals surface area contributed by atoms with Gasteiger partial charge >= 0.3 is 0 Å². The maximum Gasteiger partial charge on any atom is 0.200 e. The average Bonchev–Trinajstić information content (AvgIpc) is 2.40. The Labute approximate surface area is 105 Å².